The van der Waals surface area contributed by atoms with Crippen LogP contribution >= 0.6 is 0 Å². The molecule has 6 heteroatoms. The van der Waals surface area contributed by atoms with E-state index in [-0.39, 0.29) is 11.6 Å². The number of H-pyrrole nitrogens is 1. The summed E-state index contributed by atoms with van der Waals surface area (Å²) in [6, 6.07) is 12.5. The van der Waals surface area contributed by atoms with E-state index in [1.165, 1.54) is 0 Å². The van der Waals surface area contributed by atoms with Gasteiger partial charge in [0.1, 0.15) is 0 Å². The summed E-state index contributed by atoms with van der Waals surface area (Å²) in [5.74, 6) is 0. The van der Waals surface area contributed by atoms with E-state index in [4.69, 9.17) is 0 Å². The summed E-state index contributed by atoms with van der Waals surface area (Å²) < 4.78 is 1.83. The van der Waals surface area contributed by atoms with Crippen LogP contribution in [0, 0.1) is 6.92 Å². The van der Waals surface area contributed by atoms with Crippen LogP contribution in [-0.2, 0) is 6.54 Å². The van der Waals surface area contributed by atoms with E-state index in [0.29, 0.717) is 11.1 Å². The molecule has 0 radical (unpaired) electrons. The number of carbonyl (C=O) groups excluding carboxylic acids is 1. The topological polar surface area (TPSA) is 78.9 Å². The van der Waals surface area contributed by atoms with Gasteiger partial charge in [0.15, 0.2) is 0 Å². The number of anilines is 2. The van der Waals surface area contributed by atoms with Crippen LogP contribution in [0.3, 0.4) is 0 Å². The second-order valence-corrected chi connectivity index (χ2v) is 5.77. The molecular formula is C18H20N4O2. The second-order valence-electron chi connectivity index (χ2n) is 5.77. The van der Waals surface area contributed by atoms with E-state index in [9.17, 15) is 9.59 Å². The molecule has 2 amide bonds. The summed E-state index contributed by atoms with van der Waals surface area (Å²) >= 11 is 0. The first-order valence-corrected chi connectivity index (χ1v) is 7.94. The highest BCUT2D eigenvalue weighted by Gasteiger charge is 2.09. The van der Waals surface area contributed by atoms with Crippen LogP contribution in [0.15, 0.2) is 47.3 Å². The number of urea groups is 1. The SMILES string of the molecule is CCCn1[nH]c(=O)c2cc(NC(=O)Nc3cccc(C)c3)ccc21. The standard InChI is InChI=1S/C18H20N4O2/c1-3-9-22-16-8-7-14(11-15(16)17(23)21-22)20-18(24)19-13-6-4-5-12(2)10-13/h4-8,10-11H,3,9H2,1-2H3,(H,21,23)(H2,19,20,24). The van der Waals surface area contributed by atoms with Crippen molar-refractivity contribution in [1.82, 2.24) is 9.78 Å². The Hall–Kier alpha value is -3.02. The molecule has 0 bridgehead atoms. The largest absolute Gasteiger partial charge is 0.323 e. The van der Waals surface area contributed by atoms with Gasteiger partial charge in [-0.05, 0) is 49.2 Å². The number of carbonyl (C=O) groups is 1. The van der Waals surface area contributed by atoms with Crippen LogP contribution in [0.2, 0.25) is 0 Å². The Labute approximate surface area is 139 Å². The molecule has 0 aliphatic carbocycles. The maximum Gasteiger partial charge on any atom is 0.323 e. The third-order valence-electron chi connectivity index (χ3n) is 3.75. The number of rotatable bonds is 4. The minimum Gasteiger partial charge on any atom is -0.308 e. The zero-order chi connectivity index (χ0) is 17.1. The van der Waals surface area contributed by atoms with Gasteiger partial charge in [0.25, 0.3) is 5.56 Å². The molecule has 3 rings (SSSR count). The molecule has 6 nitrogen and oxygen atoms in total. The van der Waals surface area contributed by atoms with Crippen molar-refractivity contribution in [3.63, 3.8) is 0 Å². The molecule has 124 valence electrons. The molecule has 0 aliphatic heterocycles. The Morgan fingerprint density at radius 1 is 1.12 bits per heavy atom. The Bertz CT molecular complexity index is 940. The summed E-state index contributed by atoms with van der Waals surface area (Å²) in [6.45, 7) is 4.76. The number of hydrogen-bond acceptors (Lipinski definition) is 2. The highest BCUT2D eigenvalue weighted by atomic mass is 16.2. The highest BCUT2D eigenvalue weighted by Crippen LogP contribution is 2.17. The predicted molar refractivity (Wildman–Crippen MR) is 96.7 cm³/mol. The van der Waals surface area contributed by atoms with E-state index in [1.54, 1.807) is 12.1 Å². The molecule has 24 heavy (non-hydrogen) atoms. The molecule has 3 N–H and O–H groups in total. The number of nitrogens with zero attached hydrogens (tertiary/aromatic N) is 1. The summed E-state index contributed by atoms with van der Waals surface area (Å²) in [7, 11) is 0. The van der Waals surface area contributed by atoms with Crippen molar-refractivity contribution in [2.45, 2.75) is 26.8 Å². The van der Waals surface area contributed by atoms with Gasteiger partial charge < -0.3 is 10.6 Å². The summed E-state index contributed by atoms with van der Waals surface area (Å²) in [5.41, 5.74) is 3.05. The highest BCUT2D eigenvalue weighted by molar-refractivity contribution is 6.00. The van der Waals surface area contributed by atoms with Gasteiger partial charge in [0, 0.05) is 17.9 Å². The third-order valence-corrected chi connectivity index (χ3v) is 3.75. The molecule has 3 aromatic rings. The van der Waals surface area contributed by atoms with Crippen LogP contribution < -0.4 is 16.2 Å². The summed E-state index contributed by atoms with van der Waals surface area (Å²) in [6.07, 6.45) is 0.929. The van der Waals surface area contributed by atoms with Gasteiger partial charge >= 0.3 is 6.03 Å². The minimum absolute atomic E-state index is 0.152. The Morgan fingerprint density at radius 3 is 2.58 bits per heavy atom. The van der Waals surface area contributed by atoms with Crippen molar-refractivity contribution in [3.05, 3.63) is 58.4 Å². The summed E-state index contributed by atoms with van der Waals surface area (Å²) in [5, 5.41) is 8.92. The molecule has 0 atom stereocenters. The summed E-state index contributed by atoms with van der Waals surface area (Å²) in [4.78, 5) is 24.1. The Balaban J connectivity index is 1.79. The number of aromatic amines is 1. The van der Waals surface area contributed by atoms with Gasteiger partial charge in [0.05, 0.1) is 10.9 Å². The van der Waals surface area contributed by atoms with Gasteiger partial charge in [-0.3, -0.25) is 14.6 Å². The van der Waals surface area contributed by atoms with Gasteiger partial charge in [-0.2, -0.15) is 0 Å². The zero-order valence-corrected chi connectivity index (χ0v) is 13.7. The lowest BCUT2D eigenvalue weighted by molar-refractivity contribution is 0.262. The minimum atomic E-state index is -0.343. The average Bonchev–Trinajstić information content (AvgIpc) is 2.83. The zero-order valence-electron chi connectivity index (χ0n) is 13.7. The molecule has 0 unspecified atom stereocenters. The molecule has 1 heterocycles. The lowest BCUT2D eigenvalue weighted by atomic mass is 10.2. The Morgan fingerprint density at radius 2 is 1.88 bits per heavy atom. The van der Waals surface area contributed by atoms with Gasteiger partial charge in [-0.25, -0.2) is 4.79 Å². The van der Waals surface area contributed by atoms with Crippen molar-refractivity contribution in [3.8, 4) is 0 Å². The van der Waals surface area contributed by atoms with Gasteiger partial charge in [0.2, 0.25) is 0 Å². The second kappa shape index (κ2) is 6.62. The van der Waals surface area contributed by atoms with Crippen LogP contribution in [0.1, 0.15) is 18.9 Å². The lowest BCUT2D eigenvalue weighted by Crippen LogP contribution is -2.19. The number of aromatic nitrogens is 2. The molecule has 0 saturated heterocycles. The molecule has 2 aromatic carbocycles. The maximum absolute atomic E-state index is 12.1. The molecule has 0 saturated carbocycles. The van der Waals surface area contributed by atoms with Gasteiger partial charge in [-0.1, -0.05) is 19.1 Å². The third kappa shape index (κ3) is 3.32. The van der Waals surface area contributed by atoms with E-state index < -0.39 is 0 Å². The fourth-order valence-corrected chi connectivity index (χ4v) is 2.69. The first kappa shape index (κ1) is 15.9. The van der Waals surface area contributed by atoms with Crippen molar-refractivity contribution in [2.24, 2.45) is 0 Å². The molecule has 0 aliphatic rings. The quantitative estimate of drug-likeness (QED) is 0.684. The smallest absolute Gasteiger partial charge is 0.308 e. The van der Waals surface area contributed by atoms with Crippen molar-refractivity contribution in [2.75, 3.05) is 10.6 Å². The molecular weight excluding hydrogens is 304 g/mol. The van der Waals surface area contributed by atoms with Crippen LogP contribution in [0.25, 0.3) is 10.9 Å². The van der Waals surface area contributed by atoms with E-state index in [0.717, 1.165) is 29.7 Å². The van der Waals surface area contributed by atoms with Crippen molar-refractivity contribution < 1.29 is 4.79 Å². The van der Waals surface area contributed by atoms with Crippen LogP contribution in [-0.4, -0.2) is 15.8 Å². The number of fused-ring (bicyclic) bond motifs is 1. The van der Waals surface area contributed by atoms with Crippen LogP contribution in [0.5, 0.6) is 0 Å². The number of aryl methyl sites for hydroxylation is 2. The first-order chi connectivity index (χ1) is 11.6. The molecule has 0 fully saturated rings. The average molecular weight is 324 g/mol. The van der Waals surface area contributed by atoms with Crippen LogP contribution in [0.4, 0.5) is 16.2 Å². The normalized spacial score (nSPS) is 10.8. The fraction of sp³-hybridized carbons (Fsp3) is 0.222. The number of nitrogens with one attached hydrogen (secondary N) is 3. The predicted octanol–water partition coefficient (Wildman–Crippen LogP) is 3.69. The Kier molecular flexibility index (Phi) is 4.37. The molecule has 0 spiro atoms. The molecule has 1 aromatic heterocycles. The maximum atomic E-state index is 12.1. The van der Waals surface area contributed by atoms with E-state index in [2.05, 4.69) is 22.7 Å². The van der Waals surface area contributed by atoms with Crippen molar-refractivity contribution in [1.29, 1.82) is 0 Å². The lowest BCUT2D eigenvalue weighted by Gasteiger charge is -2.08. The number of benzene rings is 2. The fourth-order valence-electron chi connectivity index (χ4n) is 2.69. The van der Waals surface area contributed by atoms with Gasteiger partial charge in [-0.15, -0.1) is 0 Å². The number of amides is 2. The van der Waals surface area contributed by atoms with E-state index >= 15 is 0 Å². The number of hydrogen-bond donors (Lipinski definition) is 3. The van der Waals surface area contributed by atoms with E-state index in [1.807, 2.05) is 41.9 Å². The first-order valence-electron chi connectivity index (χ1n) is 7.94. The van der Waals surface area contributed by atoms with Crippen molar-refractivity contribution >= 4 is 28.3 Å². The monoisotopic (exact) mass is 324 g/mol.